The quantitative estimate of drug-likeness (QED) is 0.518. The first-order chi connectivity index (χ1) is 10.4. The Balaban J connectivity index is 2.47. The molecule has 1 heterocycles. The molecular weight excluding hydrogens is 401 g/mol. The number of hydrogen-bond acceptors (Lipinski definition) is 4. The molecule has 0 radical (unpaired) electrons. The minimum atomic E-state index is -1.07. The van der Waals surface area contributed by atoms with E-state index in [0.29, 0.717) is 5.88 Å². The van der Waals surface area contributed by atoms with Crippen LogP contribution in [0.3, 0.4) is 0 Å². The van der Waals surface area contributed by atoms with Gasteiger partial charge in [-0.1, -0.05) is 6.08 Å². The number of ether oxygens (including phenoxy) is 1. The number of aromatic nitrogens is 1. The summed E-state index contributed by atoms with van der Waals surface area (Å²) in [5.41, 5.74) is 0.863. The Kier molecular flexibility index (Phi) is 7.64. The van der Waals surface area contributed by atoms with Crippen molar-refractivity contribution in [1.82, 2.24) is 15.2 Å². The molecule has 0 aliphatic heterocycles. The molecule has 0 aliphatic carbocycles. The summed E-state index contributed by atoms with van der Waals surface area (Å²) in [6.07, 6.45) is 1.71. The van der Waals surface area contributed by atoms with Gasteiger partial charge >= 0.3 is 6.09 Å². The van der Waals surface area contributed by atoms with Crippen LogP contribution in [-0.2, 0) is 4.79 Å². The zero-order valence-electron chi connectivity index (χ0n) is 12.4. The van der Waals surface area contributed by atoms with Crippen LogP contribution in [0.25, 0.3) is 0 Å². The van der Waals surface area contributed by atoms with Gasteiger partial charge in [0.15, 0.2) is 0 Å². The predicted octanol–water partition coefficient (Wildman–Crippen LogP) is 1.66. The number of carbonyl (C=O) groups is 2. The van der Waals surface area contributed by atoms with Gasteiger partial charge < -0.3 is 20.1 Å². The van der Waals surface area contributed by atoms with Crippen LogP contribution < -0.4 is 10.1 Å². The third-order valence-corrected chi connectivity index (χ3v) is 3.86. The van der Waals surface area contributed by atoms with E-state index in [1.165, 1.54) is 19.2 Å². The van der Waals surface area contributed by atoms with Gasteiger partial charge in [0.05, 0.1) is 12.2 Å². The Labute approximate surface area is 142 Å². The molecule has 1 rings (SSSR count). The Morgan fingerprint density at radius 3 is 2.82 bits per heavy atom. The van der Waals surface area contributed by atoms with Crippen molar-refractivity contribution < 1.29 is 19.4 Å². The lowest BCUT2D eigenvalue weighted by Gasteiger charge is -2.17. The van der Waals surface area contributed by atoms with Gasteiger partial charge in [0.2, 0.25) is 11.8 Å². The highest BCUT2D eigenvalue weighted by Crippen LogP contribution is 2.14. The molecular formula is C14H18IN3O4. The molecule has 0 unspecified atom stereocenters. The summed E-state index contributed by atoms with van der Waals surface area (Å²) in [6, 6.07) is 3.63. The van der Waals surface area contributed by atoms with Crippen LogP contribution >= 0.6 is 22.6 Å². The van der Waals surface area contributed by atoms with E-state index in [0.717, 1.165) is 14.2 Å². The highest BCUT2D eigenvalue weighted by Gasteiger charge is 2.10. The van der Waals surface area contributed by atoms with Gasteiger partial charge in [0, 0.05) is 29.3 Å². The second kappa shape index (κ2) is 9.23. The van der Waals surface area contributed by atoms with Gasteiger partial charge in [0.1, 0.15) is 6.61 Å². The van der Waals surface area contributed by atoms with Crippen LogP contribution in [0.15, 0.2) is 24.3 Å². The van der Waals surface area contributed by atoms with Crippen molar-refractivity contribution in [3.05, 3.63) is 33.5 Å². The number of carbonyl (C=O) groups excluding carboxylic acids is 1. The van der Waals surface area contributed by atoms with E-state index < -0.39 is 6.09 Å². The third-order valence-electron chi connectivity index (χ3n) is 2.72. The number of hydrogen-bond donors (Lipinski definition) is 2. The van der Waals surface area contributed by atoms with Crippen LogP contribution in [0.1, 0.15) is 5.69 Å². The van der Waals surface area contributed by atoms with Crippen molar-refractivity contribution in [1.29, 1.82) is 0 Å². The molecule has 0 saturated carbocycles. The lowest BCUT2D eigenvalue weighted by Crippen LogP contribution is -2.33. The average molecular weight is 419 g/mol. The molecule has 120 valence electrons. The second-order valence-electron chi connectivity index (χ2n) is 4.31. The summed E-state index contributed by atoms with van der Waals surface area (Å²) in [5.74, 6) is 0.185. The number of nitrogens with zero attached hydrogens (tertiary/aromatic N) is 2. The van der Waals surface area contributed by atoms with Crippen LogP contribution in [0, 0.1) is 10.5 Å². The van der Waals surface area contributed by atoms with E-state index in [2.05, 4.69) is 32.9 Å². The smallest absolute Gasteiger partial charge is 0.407 e. The Morgan fingerprint density at radius 2 is 2.23 bits per heavy atom. The number of halogens is 1. The maximum absolute atomic E-state index is 11.1. The summed E-state index contributed by atoms with van der Waals surface area (Å²) >= 11 is 2.18. The fourth-order valence-corrected chi connectivity index (χ4v) is 1.80. The molecule has 2 amide bonds. The molecule has 1 aromatic heterocycles. The molecule has 0 atom stereocenters. The fourth-order valence-electron chi connectivity index (χ4n) is 1.50. The summed E-state index contributed by atoms with van der Waals surface area (Å²) in [5, 5.41) is 11.5. The topological polar surface area (TPSA) is 91.8 Å². The first-order valence-electron chi connectivity index (χ1n) is 6.56. The fraction of sp³-hybridized carbons (Fsp3) is 0.357. The van der Waals surface area contributed by atoms with Gasteiger partial charge in [-0.3, -0.25) is 4.79 Å². The molecule has 1 aromatic rings. The maximum Gasteiger partial charge on any atom is 0.407 e. The zero-order chi connectivity index (χ0) is 16.5. The Hall–Kier alpha value is -1.84. The van der Waals surface area contributed by atoms with Gasteiger partial charge in [-0.15, -0.1) is 0 Å². The van der Waals surface area contributed by atoms with Crippen molar-refractivity contribution in [2.24, 2.45) is 0 Å². The maximum atomic E-state index is 11.1. The van der Waals surface area contributed by atoms with E-state index in [1.54, 1.807) is 6.07 Å². The lowest BCUT2D eigenvalue weighted by atomic mass is 10.4. The largest absolute Gasteiger partial charge is 0.476 e. The molecule has 2 N–H and O–H groups in total. The third kappa shape index (κ3) is 6.29. The molecule has 22 heavy (non-hydrogen) atoms. The predicted molar refractivity (Wildman–Crippen MR) is 90.0 cm³/mol. The first kappa shape index (κ1) is 18.2. The van der Waals surface area contributed by atoms with Gasteiger partial charge in [0.25, 0.3) is 0 Å². The summed E-state index contributed by atoms with van der Waals surface area (Å²) < 4.78 is 6.49. The Morgan fingerprint density at radius 1 is 1.50 bits per heavy atom. The number of nitrogens with one attached hydrogen (secondary N) is 1. The highest BCUT2D eigenvalue weighted by atomic mass is 127. The Bertz CT molecular complexity index is 563. The molecule has 0 aromatic carbocycles. The van der Waals surface area contributed by atoms with Crippen LogP contribution in [0.2, 0.25) is 0 Å². The van der Waals surface area contributed by atoms with E-state index in [1.807, 2.05) is 13.0 Å². The average Bonchev–Trinajstić information content (AvgIpc) is 2.48. The molecule has 0 spiro atoms. The van der Waals surface area contributed by atoms with Gasteiger partial charge in [-0.05, 0) is 35.6 Å². The number of amides is 2. The van der Waals surface area contributed by atoms with Crippen LogP contribution in [0.4, 0.5) is 4.79 Å². The number of aryl methyl sites for hydroxylation is 1. The molecule has 7 nitrogen and oxygen atoms in total. The molecule has 0 saturated heterocycles. The minimum Gasteiger partial charge on any atom is -0.476 e. The van der Waals surface area contributed by atoms with Gasteiger partial charge in [-0.25, -0.2) is 9.78 Å². The van der Waals surface area contributed by atoms with Gasteiger partial charge in [-0.2, -0.15) is 0 Å². The normalized spacial score (nSPS) is 10.5. The molecule has 8 heteroatoms. The molecule has 0 fully saturated rings. The first-order valence-corrected chi connectivity index (χ1v) is 7.64. The number of rotatable bonds is 7. The lowest BCUT2D eigenvalue weighted by molar-refractivity contribution is -0.116. The van der Waals surface area contributed by atoms with E-state index in [4.69, 9.17) is 9.84 Å². The van der Waals surface area contributed by atoms with Crippen molar-refractivity contribution in [2.75, 3.05) is 26.7 Å². The number of carboxylic acid groups (broad SMARTS) is 1. The van der Waals surface area contributed by atoms with Crippen LogP contribution in [0.5, 0.6) is 5.88 Å². The van der Waals surface area contributed by atoms with Crippen molar-refractivity contribution in [3.8, 4) is 5.88 Å². The summed E-state index contributed by atoms with van der Waals surface area (Å²) in [4.78, 5) is 27.5. The van der Waals surface area contributed by atoms with E-state index in [-0.39, 0.29) is 25.6 Å². The number of pyridine rings is 1. The number of likely N-dealkylation sites (N-methyl/N-ethyl adjacent to an activating group) is 1. The van der Waals surface area contributed by atoms with E-state index >= 15 is 0 Å². The summed E-state index contributed by atoms with van der Waals surface area (Å²) in [7, 11) is 1.51. The minimum absolute atomic E-state index is 0.116. The van der Waals surface area contributed by atoms with E-state index in [9.17, 15) is 9.59 Å². The zero-order valence-corrected chi connectivity index (χ0v) is 14.5. The molecule has 0 aliphatic rings. The van der Waals surface area contributed by atoms with Crippen molar-refractivity contribution in [3.63, 3.8) is 0 Å². The standard InChI is InChI=1S/C14H18IN3O4/c1-10-11(15)5-6-13(17-10)22-9-8-18(14(20)21)7-3-4-12(19)16-2/h3-6H,7-9H2,1-2H3,(H,16,19)(H,20,21)/b4-3+. The molecule has 0 bridgehead atoms. The highest BCUT2D eigenvalue weighted by molar-refractivity contribution is 14.1. The monoisotopic (exact) mass is 419 g/mol. The summed E-state index contributed by atoms with van der Waals surface area (Å²) in [6.45, 7) is 2.36. The van der Waals surface area contributed by atoms with Crippen molar-refractivity contribution in [2.45, 2.75) is 6.92 Å². The second-order valence-corrected chi connectivity index (χ2v) is 5.47. The SMILES string of the molecule is CNC(=O)/C=C/CN(CCOc1ccc(I)c(C)n1)C(=O)O. The van der Waals surface area contributed by atoms with Crippen LogP contribution in [-0.4, -0.2) is 53.7 Å². The van der Waals surface area contributed by atoms with Crippen molar-refractivity contribution >= 4 is 34.6 Å².